The van der Waals surface area contributed by atoms with Gasteiger partial charge in [-0.2, -0.15) is 0 Å². The lowest BCUT2D eigenvalue weighted by Crippen LogP contribution is -2.04. The van der Waals surface area contributed by atoms with Gasteiger partial charge in [0.2, 0.25) is 0 Å². The van der Waals surface area contributed by atoms with E-state index < -0.39 is 0 Å². The van der Waals surface area contributed by atoms with Gasteiger partial charge >= 0.3 is 0 Å². The zero-order chi connectivity index (χ0) is 42.6. The average molecular weight is 837 g/mol. The number of pyridine rings is 8. The standard InChI is InChI=1S/C53H32N12/c1-9-54-24-38-39-25-55-10-2-47(39)62(46(1)38)34-18-32(19-35(22-34)63-48-3-11-56-26-40(48)41-27-57-12-4-49(41)63)17-33-20-36(64-50-5-13-58-28-42(50)43-29-59-14-6-51(43)64)23-37(21-33)65-52-7-15-60-30-44(52)45-31-61-16-8-53(45)65/h1-16,18-31H,17H2. The van der Waals surface area contributed by atoms with E-state index in [1.165, 1.54) is 0 Å². The molecule has 0 spiro atoms. The Labute approximate surface area is 368 Å². The first-order chi connectivity index (χ1) is 32.2. The Morgan fingerprint density at radius 3 is 0.615 bits per heavy atom. The van der Waals surface area contributed by atoms with Gasteiger partial charge in [-0.05, 0) is 102 Å². The zero-order valence-corrected chi connectivity index (χ0v) is 34.4. The highest BCUT2D eigenvalue weighted by Crippen LogP contribution is 2.38. The quantitative estimate of drug-likeness (QED) is 0.162. The summed E-state index contributed by atoms with van der Waals surface area (Å²) in [5.74, 6) is 0. The van der Waals surface area contributed by atoms with Gasteiger partial charge in [-0.1, -0.05) is 0 Å². The van der Waals surface area contributed by atoms with E-state index in [9.17, 15) is 0 Å². The molecule has 0 aliphatic rings. The van der Waals surface area contributed by atoms with Crippen molar-refractivity contribution >= 4 is 87.2 Å². The maximum Gasteiger partial charge on any atom is 0.0572 e. The predicted molar refractivity (Wildman–Crippen MR) is 255 cm³/mol. The average Bonchev–Trinajstić information content (AvgIpc) is 4.09. The summed E-state index contributed by atoms with van der Waals surface area (Å²) in [5, 5.41) is 8.35. The summed E-state index contributed by atoms with van der Waals surface area (Å²) >= 11 is 0. The minimum absolute atomic E-state index is 0.614. The molecule has 65 heavy (non-hydrogen) atoms. The van der Waals surface area contributed by atoms with Crippen LogP contribution in [0, 0.1) is 0 Å². The second kappa shape index (κ2) is 13.7. The third-order valence-corrected chi connectivity index (χ3v) is 12.8. The summed E-state index contributed by atoms with van der Waals surface area (Å²) in [6.07, 6.45) is 30.9. The Hall–Kier alpha value is -9.16. The molecule has 2 aromatic carbocycles. The third kappa shape index (κ3) is 5.25. The highest BCUT2D eigenvalue weighted by Gasteiger charge is 2.20. The normalized spacial score (nSPS) is 12.1. The Morgan fingerprint density at radius 1 is 0.246 bits per heavy atom. The van der Waals surface area contributed by atoms with Crippen LogP contribution in [0.4, 0.5) is 0 Å². The van der Waals surface area contributed by atoms with Crippen LogP contribution in [0.1, 0.15) is 11.1 Å². The molecule has 12 aromatic heterocycles. The first-order valence-corrected chi connectivity index (χ1v) is 21.3. The van der Waals surface area contributed by atoms with Gasteiger partial charge < -0.3 is 18.3 Å². The van der Waals surface area contributed by atoms with Crippen LogP contribution in [0.15, 0.2) is 184 Å². The minimum Gasteiger partial charge on any atom is -0.309 e. The first kappa shape index (κ1) is 35.4. The molecule has 12 heterocycles. The predicted octanol–water partition coefficient (Wildman–Crippen LogP) is 10.8. The van der Waals surface area contributed by atoms with Crippen molar-refractivity contribution in [2.45, 2.75) is 6.42 Å². The van der Waals surface area contributed by atoms with Crippen molar-refractivity contribution < 1.29 is 0 Å². The lowest BCUT2D eigenvalue weighted by Gasteiger charge is -2.18. The van der Waals surface area contributed by atoms with Crippen LogP contribution >= 0.6 is 0 Å². The van der Waals surface area contributed by atoms with Gasteiger partial charge in [0.25, 0.3) is 0 Å². The molecule has 0 unspecified atom stereocenters. The van der Waals surface area contributed by atoms with Crippen molar-refractivity contribution in [2.24, 2.45) is 0 Å². The van der Waals surface area contributed by atoms with Crippen molar-refractivity contribution in [3.63, 3.8) is 0 Å². The van der Waals surface area contributed by atoms with Gasteiger partial charge in [0, 0.05) is 165 Å². The second-order valence-electron chi connectivity index (χ2n) is 16.4. The number of rotatable bonds is 6. The first-order valence-electron chi connectivity index (χ1n) is 21.3. The monoisotopic (exact) mass is 836 g/mol. The van der Waals surface area contributed by atoms with Crippen LogP contribution in [-0.4, -0.2) is 58.1 Å². The molecule has 14 rings (SSSR count). The molecule has 0 saturated carbocycles. The van der Waals surface area contributed by atoms with Crippen molar-refractivity contribution in [3.8, 4) is 22.7 Å². The number of nitrogens with zero attached hydrogens (tertiary/aromatic N) is 12. The van der Waals surface area contributed by atoms with Crippen molar-refractivity contribution in [3.05, 3.63) is 195 Å². The van der Waals surface area contributed by atoms with Gasteiger partial charge in [-0.15, -0.1) is 0 Å². The molecule has 0 aliphatic carbocycles. The number of hydrogen-bond donors (Lipinski definition) is 0. The number of benzene rings is 2. The molecule has 0 fully saturated rings. The molecule has 14 aromatic rings. The summed E-state index contributed by atoms with van der Waals surface area (Å²) < 4.78 is 9.33. The number of fused-ring (bicyclic) bond motifs is 12. The fourth-order valence-corrected chi connectivity index (χ4v) is 10.2. The van der Waals surface area contributed by atoms with Crippen molar-refractivity contribution in [2.75, 3.05) is 0 Å². The highest BCUT2D eigenvalue weighted by atomic mass is 15.0. The van der Waals surface area contributed by atoms with E-state index >= 15 is 0 Å². The van der Waals surface area contributed by atoms with E-state index in [1.54, 1.807) is 0 Å². The van der Waals surface area contributed by atoms with E-state index in [1.807, 2.05) is 99.1 Å². The van der Waals surface area contributed by atoms with E-state index in [2.05, 4.69) is 143 Å². The molecule has 0 amide bonds. The molecule has 0 saturated heterocycles. The van der Waals surface area contributed by atoms with E-state index in [4.69, 9.17) is 0 Å². The molecule has 0 radical (unpaired) electrons. The lowest BCUT2D eigenvalue weighted by molar-refractivity contribution is 1.07. The fraction of sp³-hybridized carbons (Fsp3) is 0.0189. The molecule has 0 N–H and O–H groups in total. The van der Waals surface area contributed by atoms with Crippen LogP contribution in [0.2, 0.25) is 0 Å². The Balaban J connectivity index is 1.05. The molecular weight excluding hydrogens is 805 g/mol. The summed E-state index contributed by atoms with van der Waals surface area (Å²) in [5.41, 5.74) is 14.8. The van der Waals surface area contributed by atoms with E-state index in [-0.39, 0.29) is 0 Å². The van der Waals surface area contributed by atoms with Gasteiger partial charge in [0.05, 0.1) is 44.1 Å². The SMILES string of the molecule is c1cc2c(cn1)c1cnccc1n2-c1cc(Cc2cc(-n3c4ccncc4c4cnccc43)cc(-n3c4ccncc4c4cnccc43)c2)cc(-n2c3ccncc3c3cnccc32)c1. The number of aromatic nitrogens is 12. The fourth-order valence-electron chi connectivity index (χ4n) is 10.2. The maximum absolute atomic E-state index is 4.53. The zero-order valence-electron chi connectivity index (χ0n) is 34.4. The van der Waals surface area contributed by atoms with Gasteiger partial charge in [-0.3, -0.25) is 39.9 Å². The second-order valence-corrected chi connectivity index (χ2v) is 16.4. The highest BCUT2D eigenvalue weighted by molar-refractivity contribution is 6.11. The Bertz CT molecular complexity index is 3500. The summed E-state index contributed by atoms with van der Waals surface area (Å²) in [6, 6.07) is 30.5. The van der Waals surface area contributed by atoms with Crippen molar-refractivity contribution in [1.29, 1.82) is 0 Å². The van der Waals surface area contributed by atoms with Crippen molar-refractivity contribution in [1.82, 2.24) is 58.1 Å². The van der Waals surface area contributed by atoms with Gasteiger partial charge in [0.1, 0.15) is 0 Å². The van der Waals surface area contributed by atoms with E-state index in [0.717, 1.165) is 121 Å². The molecule has 12 heteroatoms. The Kier molecular flexibility index (Phi) is 7.45. The summed E-state index contributed by atoms with van der Waals surface area (Å²) in [6.45, 7) is 0. The van der Waals surface area contributed by atoms with Gasteiger partial charge in [-0.25, -0.2) is 0 Å². The van der Waals surface area contributed by atoms with Gasteiger partial charge in [0.15, 0.2) is 0 Å². The number of hydrogen-bond acceptors (Lipinski definition) is 8. The Morgan fingerprint density at radius 2 is 0.431 bits per heavy atom. The molecular formula is C53H32N12. The molecule has 12 nitrogen and oxygen atoms in total. The molecule has 304 valence electrons. The largest absolute Gasteiger partial charge is 0.309 e. The summed E-state index contributed by atoms with van der Waals surface area (Å²) in [4.78, 5) is 36.2. The van der Waals surface area contributed by atoms with Crippen LogP contribution in [-0.2, 0) is 6.42 Å². The van der Waals surface area contributed by atoms with Crippen LogP contribution in [0.5, 0.6) is 0 Å². The smallest absolute Gasteiger partial charge is 0.0572 e. The molecule has 0 atom stereocenters. The van der Waals surface area contributed by atoms with Crippen LogP contribution in [0.25, 0.3) is 110 Å². The maximum atomic E-state index is 4.53. The third-order valence-electron chi connectivity index (χ3n) is 12.8. The molecule has 0 bridgehead atoms. The van der Waals surface area contributed by atoms with Crippen LogP contribution in [0.3, 0.4) is 0 Å². The van der Waals surface area contributed by atoms with E-state index in [0.29, 0.717) is 6.42 Å². The van der Waals surface area contributed by atoms with Crippen LogP contribution < -0.4 is 0 Å². The summed E-state index contributed by atoms with van der Waals surface area (Å²) in [7, 11) is 0. The molecule has 0 aliphatic heterocycles. The minimum atomic E-state index is 0.614. The topological polar surface area (TPSA) is 123 Å². The lowest BCUT2D eigenvalue weighted by atomic mass is 10.0.